The van der Waals surface area contributed by atoms with Crippen molar-refractivity contribution in [3.05, 3.63) is 88.3 Å². The van der Waals surface area contributed by atoms with Crippen LogP contribution in [-0.4, -0.2) is 34.4 Å². The van der Waals surface area contributed by atoms with Gasteiger partial charge in [-0.3, -0.25) is 14.4 Å². The number of rotatable bonds is 3. The number of fused-ring (bicyclic) bond motifs is 4. The molecule has 0 radical (unpaired) electrons. The highest BCUT2D eigenvalue weighted by molar-refractivity contribution is 6.04. The third-order valence-corrected chi connectivity index (χ3v) is 6.55. The number of carbonyl (C=O) groups is 2. The summed E-state index contributed by atoms with van der Waals surface area (Å²) in [5.74, 6) is 0.201. The SMILES string of the molecule is CC(=O)N1C[C@@H]2C[C@H](C1)c1ccc(NC(=O)c3ccc(-c4ccccc4)cc3)c(=O)n1C2. The van der Waals surface area contributed by atoms with E-state index >= 15 is 0 Å². The monoisotopic (exact) mass is 427 g/mol. The summed E-state index contributed by atoms with van der Waals surface area (Å²) >= 11 is 0. The molecule has 2 bridgehead atoms. The van der Waals surface area contributed by atoms with Crippen molar-refractivity contribution in [2.45, 2.75) is 25.8 Å². The van der Waals surface area contributed by atoms with Crippen molar-refractivity contribution >= 4 is 17.5 Å². The summed E-state index contributed by atoms with van der Waals surface area (Å²) in [6, 6.07) is 20.9. The third-order valence-electron chi connectivity index (χ3n) is 6.55. The maximum atomic E-state index is 13.1. The number of amides is 2. The first-order valence-corrected chi connectivity index (χ1v) is 11.0. The molecule has 2 atom stereocenters. The number of pyridine rings is 1. The van der Waals surface area contributed by atoms with E-state index in [9.17, 15) is 14.4 Å². The molecule has 2 amide bonds. The molecule has 0 aliphatic carbocycles. The number of carbonyl (C=O) groups excluding carboxylic acids is 2. The molecular weight excluding hydrogens is 402 g/mol. The van der Waals surface area contributed by atoms with Crippen LogP contribution in [0.3, 0.4) is 0 Å². The fourth-order valence-electron chi connectivity index (χ4n) is 4.94. The normalized spacial score (nSPS) is 19.2. The van der Waals surface area contributed by atoms with Gasteiger partial charge in [-0.05, 0) is 47.7 Å². The second kappa shape index (κ2) is 8.11. The van der Waals surface area contributed by atoms with Gasteiger partial charge in [0.1, 0.15) is 5.69 Å². The molecule has 0 spiro atoms. The zero-order valence-electron chi connectivity index (χ0n) is 18.0. The molecule has 0 saturated carbocycles. The summed E-state index contributed by atoms with van der Waals surface area (Å²) in [6.45, 7) is 3.50. The summed E-state index contributed by atoms with van der Waals surface area (Å²) in [5, 5.41) is 2.79. The van der Waals surface area contributed by atoms with Crippen LogP contribution in [0, 0.1) is 5.92 Å². The van der Waals surface area contributed by atoms with E-state index in [0.29, 0.717) is 25.2 Å². The van der Waals surface area contributed by atoms with Crippen molar-refractivity contribution in [2.75, 3.05) is 18.4 Å². The first kappa shape index (κ1) is 20.2. The molecule has 1 fully saturated rings. The van der Waals surface area contributed by atoms with Crippen molar-refractivity contribution in [3.63, 3.8) is 0 Å². The molecule has 3 aromatic rings. The van der Waals surface area contributed by atoms with E-state index in [1.165, 1.54) is 0 Å². The largest absolute Gasteiger partial charge is 0.342 e. The minimum Gasteiger partial charge on any atom is -0.342 e. The van der Waals surface area contributed by atoms with Gasteiger partial charge >= 0.3 is 0 Å². The molecular formula is C26H25N3O3. The molecule has 2 aromatic carbocycles. The Bertz CT molecular complexity index is 1230. The van der Waals surface area contributed by atoms with E-state index in [4.69, 9.17) is 0 Å². The molecule has 5 rings (SSSR count). The number of aromatic nitrogens is 1. The van der Waals surface area contributed by atoms with E-state index in [2.05, 4.69) is 5.32 Å². The predicted molar refractivity (Wildman–Crippen MR) is 124 cm³/mol. The highest BCUT2D eigenvalue weighted by Gasteiger charge is 2.35. The molecule has 6 heteroatoms. The van der Waals surface area contributed by atoms with Gasteiger partial charge in [-0.15, -0.1) is 0 Å². The highest BCUT2D eigenvalue weighted by Crippen LogP contribution is 2.35. The number of piperidine rings is 1. The number of anilines is 1. The topological polar surface area (TPSA) is 71.4 Å². The van der Waals surface area contributed by atoms with Gasteiger partial charge in [-0.25, -0.2) is 0 Å². The number of hydrogen-bond acceptors (Lipinski definition) is 3. The molecule has 162 valence electrons. The van der Waals surface area contributed by atoms with Crippen LogP contribution in [0.2, 0.25) is 0 Å². The number of nitrogens with zero attached hydrogens (tertiary/aromatic N) is 2. The minimum atomic E-state index is -0.305. The van der Waals surface area contributed by atoms with Gasteiger partial charge in [-0.2, -0.15) is 0 Å². The van der Waals surface area contributed by atoms with Crippen LogP contribution in [0.25, 0.3) is 11.1 Å². The number of nitrogens with one attached hydrogen (secondary N) is 1. The lowest BCUT2D eigenvalue weighted by Gasteiger charge is -2.42. The maximum absolute atomic E-state index is 13.1. The van der Waals surface area contributed by atoms with Crippen LogP contribution >= 0.6 is 0 Å². The van der Waals surface area contributed by atoms with E-state index in [1.807, 2.05) is 53.4 Å². The Balaban J connectivity index is 1.36. The van der Waals surface area contributed by atoms with Crippen LogP contribution < -0.4 is 10.9 Å². The fraction of sp³-hybridized carbons (Fsp3) is 0.269. The first-order valence-electron chi connectivity index (χ1n) is 11.0. The smallest absolute Gasteiger partial charge is 0.274 e. The summed E-state index contributed by atoms with van der Waals surface area (Å²) in [6.07, 6.45) is 0.989. The van der Waals surface area contributed by atoms with Gasteiger partial charge in [0, 0.05) is 43.7 Å². The Morgan fingerprint density at radius 3 is 2.31 bits per heavy atom. The summed E-state index contributed by atoms with van der Waals surface area (Å²) in [4.78, 5) is 39.6. The lowest BCUT2D eigenvalue weighted by Crippen LogP contribution is -2.48. The zero-order chi connectivity index (χ0) is 22.2. The zero-order valence-corrected chi connectivity index (χ0v) is 18.0. The molecule has 2 aliphatic rings. The maximum Gasteiger partial charge on any atom is 0.274 e. The number of likely N-dealkylation sites (tertiary alicyclic amines) is 1. The van der Waals surface area contributed by atoms with E-state index < -0.39 is 0 Å². The van der Waals surface area contributed by atoms with Gasteiger partial charge in [0.15, 0.2) is 0 Å². The highest BCUT2D eigenvalue weighted by atomic mass is 16.2. The second-order valence-corrected chi connectivity index (χ2v) is 8.71. The summed E-state index contributed by atoms with van der Waals surface area (Å²) in [5.41, 5.74) is 3.67. The van der Waals surface area contributed by atoms with Crippen LogP contribution in [-0.2, 0) is 11.3 Å². The van der Waals surface area contributed by atoms with Crippen molar-refractivity contribution in [1.82, 2.24) is 9.47 Å². The Morgan fingerprint density at radius 2 is 1.59 bits per heavy atom. The Labute approximate surface area is 186 Å². The summed E-state index contributed by atoms with van der Waals surface area (Å²) < 4.78 is 1.78. The first-order chi connectivity index (χ1) is 15.5. The molecule has 1 saturated heterocycles. The van der Waals surface area contributed by atoms with E-state index in [-0.39, 0.29) is 34.9 Å². The average molecular weight is 428 g/mol. The molecule has 0 unspecified atom stereocenters. The lowest BCUT2D eigenvalue weighted by atomic mass is 9.83. The van der Waals surface area contributed by atoms with E-state index in [0.717, 1.165) is 23.2 Å². The van der Waals surface area contributed by atoms with Gasteiger partial charge in [0.2, 0.25) is 5.91 Å². The van der Waals surface area contributed by atoms with Gasteiger partial charge in [-0.1, -0.05) is 42.5 Å². The van der Waals surface area contributed by atoms with Crippen molar-refractivity contribution in [3.8, 4) is 11.1 Å². The lowest BCUT2D eigenvalue weighted by molar-refractivity contribution is -0.131. The van der Waals surface area contributed by atoms with Gasteiger partial charge < -0.3 is 14.8 Å². The molecule has 3 heterocycles. The van der Waals surface area contributed by atoms with Gasteiger partial charge in [0.25, 0.3) is 11.5 Å². The molecule has 32 heavy (non-hydrogen) atoms. The minimum absolute atomic E-state index is 0.0812. The Morgan fingerprint density at radius 1 is 0.875 bits per heavy atom. The number of benzene rings is 2. The average Bonchev–Trinajstić information content (AvgIpc) is 2.81. The Kier molecular flexibility index (Phi) is 5.13. The van der Waals surface area contributed by atoms with Crippen LogP contribution in [0.4, 0.5) is 5.69 Å². The second-order valence-electron chi connectivity index (χ2n) is 8.71. The standard InChI is InChI=1S/C26H25N3O3/c1-17(30)28-14-18-13-22(16-28)24-12-11-23(26(32)29(24)15-18)27-25(31)21-9-7-20(8-10-21)19-5-3-2-4-6-19/h2-12,18,22H,13-16H2,1H3,(H,27,31)/t18-,22+/m0/s1. The van der Waals surface area contributed by atoms with Crippen molar-refractivity contribution < 1.29 is 9.59 Å². The van der Waals surface area contributed by atoms with Crippen molar-refractivity contribution in [1.29, 1.82) is 0 Å². The molecule has 1 aromatic heterocycles. The van der Waals surface area contributed by atoms with Crippen LogP contribution in [0.15, 0.2) is 71.5 Å². The Hall–Kier alpha value is -3.67. The quantitative estimate of drug-likeness (QED) is 0.692. The molecule has 2 aliphatic heterocycles. The van der Waals surface area contributed by atoms with Crippen molar-refractivity contribution in [2.24, 2.45) is 5.92 Å². The predicted octanol–water partition coefficient (Wildman–Crippen LogP) is 3.73. The molecule has 1 N–H and O–H groups in total. The fourth-order valence-corrected chi connectivity index (χ4v) is 4.94. The van der Waals surface area contributed by atoms with Crippen LogP contribution in [0.5, 0.6) is 0 Å². The number of hydrogen-bond donors (Lipinski definition) is 1. The van der Waals surface area contributed by atoms with Gasteiger partial charge in [0.05, 0.1) is 0 Å². The summed E-state index contributed by atoms with van der Waals surface area (Å²) in [7, 11) is 0. The van der Waals surface area contributed by atoms with E-state index in [1.54, 1.807) is 29.7 Å². The third kappa shape index (κ3) is 3.73. The van der Waals surface area contributed by atoms with Crippen LogP contribution in [0.1, 0.15) is 35.3 Å². The molecule has 6 nitrogen and oxygen atoms in total.